The zero-order valence-corrected chi connectivity index (χ0v) is 22.2. The highest BCUT2D eigenvalue weighted by molar-refractivity contribution is 7.18. The van der Waals surface area contributed by atoms with Crippen LogP contribution in [-0.2, 0) is 12.0 Å². The van der Waals surface area contributed by atoms with Gasteiger partial charge in [0.05, 0.1) is 13.7 Å². The molecule has 4 nitrogen and oxygen atoms in total. The van der Waals surface area contributed by atoms with Crippen molar-refractivity contribution in [2.24, 2.45) is 0 Å². The molecular weight excluding hydrogens is 438 g/mol. The Morgan fingerprint density at radius 1 is 1.09 bits per heavy atom. The summed E-state index contributed by atoms with van der Waals surface area (Å²) < 4.78 is 9.23. The Morgan fingerprint density at radius 3 is 2.62 bits per heavy atom. The van der Waals surface area contributed by atoms with E-state index in [1.54, 1.807) is 7.11 Å². The molecule has 0 radical (unpaired) electrons. The summed E-state index contributed by atoms with van der Waals surface area (Å²) in [5.41, 5.74) is 6.35. The third-order valence-corrected chi connectivity index (χ3v) is 7.73. The Kier molecular flexibility index (Phi) is 6.96. The molecule has 0 saturated carbocycles. The van der Waals surface area contributed by atoms with Gasteiger partial charge in [-0.25, -0.2) is 0 Å². The number of nitrogens with zero attached hydrogens (tertiary/aromatic N) is 3. The van der Waals surface area contributed by atoms with Crippen molar-refractivity contribution in [2.45, 2.75) is 32.7 Å². The first-order valence-electron chi connectivity index (χ1n) is 11.8. The largest absolute Gasteiger partial charge is 0.497 e. The zero-order chi connectivity index (χ0) is 24.5. The van der Waals surface area contributed by atoms with Crippen LogP contribution in [0.1, 0.15) is 30.0 Å². The molecule has 0 bridgehead atoms. The fourth-order valence-corrected chi connectivity index (χ4v) is 5.86. The number of hydrogen-bond acceptors (Lipinski definition) is 4. The van der Waals surface area contributed by atoms with Gasteiger partial charge < -0.3 is 14.5 Å². The third kappa shape index (κ3) is 4.68. The van der Waals surface area contributed by atoms with Crippen molar-refractivity contribution < 1.29 is 9.30 Å². The lowest BCUT2D eigenvalue weighted by atomic mass is 9.83. The van der Waals surface area contributed by atoms with Crippen molar-refractivity contribution >= 4 is 33.3 Å². The average Bonchev–Trinajstić information content (AvgIpc) is 3.23. The maximum atomic E-state index is 5.46. The van der Waals surface area contributed by atoms with Gasteiger partial charge in [-0.2, -0.15) is 4.57 Å². The number of methoxy groups -OCH3 is 1. The van der Waals surface area contributed by atoms with Crippen LogP contribution >= 0.6 is 11.3 Å². The van der Waals surface area contributed by atoms with Crippen LogP contribution in [0.15, 0.2) is 66.4 Å². The number of thiazole rings is 1. The summed E-state index contributed by atoms with van der Waals surface area (Å²) in [6.07, 6.45) is 10.9. The van der Waals surface area contributed by atoms with Gasteiger partial charge in [-0.15, -0.1) is 0 Å². The molecule has 1 aliphatic rings. The smallest absolute Gasteiger partial charge is 0.262 e. The predicted octanol–water partition coefficient (Wildman–Crippen LogP) is 5.95. The highest BCUT2D eigenvalue weighted by Gasteiger charge is 2.38. The quantitative estimate of drug-likeness (QED) is 0.312. The van der Waals surface area contributed by atoms with Crippen molar-refractivity contribution in [1.82, 2.24) is 4.90 Å². The standard InChI is InChI=1S/C29H36N3OS/c1-21-13-15-25-26(19-21)34-28(32(25)18-17-30(4)5)12-10-8-9-11-27-29(2,3)23-20-22(33-7)14-16-24(23)31(27)6/h8-16,19-20H,17-18H2,1-7H3/q+1. The first-order valence-corrected chi connectivity index (χ1v) is 12.6. The number of benzene rings is 2. The minimum Gasteiger partial charge on any atom is -0.497 e. The molecule has 178 valence electrons. The van der Waals surface area contributed by atoms with Crippen LogP contribution in [0.25, 0.3) is 16.3 Å². The number of anilines is 1. The summed E-state index contributed by atoms with van der Waals surface area (Å²) in [5, 5.41) is 1.28. The third-order valence-electron chi connectivity index (χ3n) is 6.61. The lowest BCUT2D eigenvalue weighted by Crippen LogP contribution is -2.39. The van der Waals surface area contributed by atoms with E-state index in [2.05, 4.69) is 117 Å². The lowest BCUT2D eigenvalue weighted by molar-refractivity contribution is -0.668. The molecule has 0 unspecified atom stereocenters. The van der Waals surface area contributed by atoms with Gasteiger partial charge in [-0.1, -0.05) is 49.5 Å². The van der Waals surface area contributed by atoms with Gasteiger partial charge in [0.25, 0.3) is 5.01 Å². The van der Waals surface area contributed by atoms with E-state index in [9.17, 15) is 0 Å². The second-order valence-corrected chi connectivity index (χ2v) is 10.8. The lowest BCUT2D eigenvalue weighted by Gasteiger charge is -2.23. The SMILES string of the molecule is COc1ccc2c(c1)C(C)(C)\C(=C/C=C/C=C/c1sc3cc(C)ccc3[n+]1CCN(C)C)N2C. The van der Waals surface area contributed by atoms with Gasteiger partial charge in [-0.05, 0) is 62.5 Å². The second kappa shape index (κ2) is 9.77. The molecule has 0 atom stereocenters. The van der Waals surface area contributed by atoms with Crippen molar-refractivity contribution in [3.8, 4) is 5.75 Å². The number of likely N-dealkylation sites (N-methyl/N-ethyl adjacent to an activating group) is 2. The molecule has 1 aromatic heterocycles. The van der Waals surface area contributed by atoms with E-state index < -0.39 is 0 Å². The zero-order valence-electron chi connectivity index (χ0n) is 21.4. The van der Waals surface area contributed by atoms with Crippen LogP contribution in [0.4, 0.5) is 5.69 Å². The summed E-state index contributed by atoms with van der Waals surface area (Å²) in [4.78, 5) is 4.52. The molecule has 2 aromatic carbocycles. The molecule has 0 aliphatic carbocycles. The molecule has 4 rings (SSSR count). The molecule has 1 aliphatic heterocycles. The molecular formula is C29H36N3OS+. The Bertz CT molecular complexity index is 1280. The van der Waals surface area contributed by atoms with Crippen LogP contribution in [0, 0.1) is 6.92 Å². The Morgan fingerprint density at radius 2 is 1.88 bits per heavy atom. The average molecular weight is 475 g/mol. The van der Waals surface area contributed by atoms with Crippen LogP contribution in [-0.4, -0.2) is 39.7 Å². The summed E-state index contributed by atoms with van der Waals surface area (Å²) >= 11 is 1.86. The highest BCUT2D eigenvalue weighted by atomic mass is 32.1. The van der Waals surface area contributed by atoms with Crippen LogP contribution in [0.2, 0.25) is 0 Å². The predicted molar refractivity (Wildman–Crippen MR) is 146 cm³/mol. The number of rotatable bonds is 7. The topological polar surface area (TPSA) is 19.6 Å². The van der Waals surface area contributed by atoms with Crippen molar-refractivity contribution in [2.75, 3.05) is 39.7 Å². The van der Waals surface area contributed by atoms with Crippen LogP contribution in [0.3, 0.4) is 0 Å². The minimum absolute atomic E-state index is 0.0782. The van der Waals surface area contributed by atoms with Gasteiger partial charge in [-0.3, -0.25) is 0 Å². The molecule has 3 aromatic rings. The van der Waals surface area contributed by atoms with Gasteiger partial charge in [0.1, 0.15) is 10.4 Å². The summed E-state index contributed by atoms with van der Waals surface area (Å²) in [5.74, 6) is 0.904. The Balaban J connectivity index is 1.57. The number of fused-ring (bicyclic) bond motifs is 2. The van der Waals surface area contributed by atoms with E-state index in [1.807, 2.05) is 17.4 Å². The molecule has 0 saturated heterocycles. The van der Waals surface area contributed by atoms with E-state index in [4.69, 9.17) is 4.74 Å². The molecule has 0 fully saturated rings. The van der Waals surface area contributed by atoms with E-state index in [0.717, 1.165) is 18.8 Å². The maximum Gasteiger partial charge on any atom is 0.262 e. The number of hydrogen-bond donors (Lipinski definition) is 0. The fourth-order valence-electron chi connectivity index (χ4n) is 4.66. The number of ether oxygens (including phenoxy) is 1. The van der Waals surface area contributed by atoms with Crippen LogP contribution in [0.5, 0.6) is 5.75 Å². The van der Waals surface area contributed by atoms with Crippen LogP contribution < -0.4 is 14.2 Å². The monoisotopic (exact) mass is 474 g/mol. The molecule has 0 spiro atoms. The van der Waals surface area contributed by atoms with E-state index in [-0.39, 0.29) is 5.41 Å². The van der Waals surface area contributed by atoms with Gasteiger partial charge in [0.2, 0.25) is 5.52 Å². The molecule has 5 heteroatoms. The normalized spacial score (nSPS) is 16.6. The number of aromatic nitrogens is 1. The van der Waals surface area contributed by atoms with E-state index in [1.165, 1.54) is 37.7 Å². The molecule has 0 N–H and O–H groups in total. The number of aryl methyl sites for hydroxylation is 1. The van der Waals surface area contributed by atoms with Gasteiger partial charge in [0, 0.05) is 36.0 Å². The second-order valence-electron chi connectivity index (χ2n) is 9.73. The van der Waals surface area contributed by atoms with E-state index >= 15 is 0 Å². The van der Waals surface area contributed by atoms with E-state index in [0.29, 0.717) is 0 Å². The summed E-state index contributed by atoms with van der Waals surface area (Å²) in [6.45, 7) is 8.70. The fraction of sp³-hybridized carbons (Fsp3) is 0.345. The maximum absolute atomic E-state index is 5.46. The van der Waals surface area contributed by atoms with Crippen molar-refractivity contribution in [3.63, 3.8) is 0 Å². The van der Waals surface area contributed by atoms with Gasteiger partial charge >= 0.3 is 0 Å². The first-order chi connectivity index (χ1) is 16.2. The Labute approximate surface area is 208 Å². The molecule has 2 heterocycles. The van der Waals surface area contributed by atoms with Gasteiger partial charge in [0.15, 0.2) is 6.54 Å². The summed E-state index contributed by atoms with van der Waals surface area (Å²) in [6, 6.07) is 13.1. The highest BCUT2D eigenvalue weighted by Crippen LogP contribution is 2.48. The summed E-state index contributed by atoms with van der Waals surface area (Å²) in [7, 11) is 8.12. The first kappa shape index (κ1) is 24.2. The van der Waals surface area contributed by atoms with Crippen molar-refractivity contribution in [3.05, 3.63) is 82.5 Å². The number of allylic oxidation sites excluding steroid dienone is 5. The van der Waals surface area contributed by atoms with Crippen molar-refractivity contribution in [1.29, 1.82) is 0 Å². The molecule has 0 amide bonds. The minimum atomic E-state index is -0.0782. The molecule has 34 heavy (non-hydrogen) atoms. The Hall–Kier alpha value is -2.89.